The van der Waals surface area contributed by atoms with Gasteiger partial charge in [0.15, 0.2) is 0 Å². The highest BCUT2D eigenvalue weighted by molar-refractivity contribution is 5.72. The molecule has 0 bridgehead atoms. The molecule has 0 N–H and O–H groups in total. The molecule has 0 saturated heterocycles. The van der Waals surface area contributed by atoms with Crippen LogP contribution < -0.4 is 0 Å². The van der Waals surface area contributed by atoms with Crippen LogP contribution in [-0.2, 0) is 9.53 Å². The van der Waals surface area contributed by atoms with Crippen LogP contribution in [0.15, 0.2) is 42.3 Å². The van der Waals surface area contributed by atoms with E-state index in [1.54, 1.807) is 5.57 Å². The van der Waals surface area contributed by atoms with E-state index in [9.17, 15) is 4.79 Å². The minimum atomic E-state index is -0.138. The minimum Gasteiger partial charge on any atom is -0.462 e. The zero-order valence-electron chi connectivity index (χ0n) is 18.0. The van der Waals surface area contributed by atoms with Crippen LogP contribution >= 0.6 is 0 Å². The van der Waals surface area contributed by atoms with E-state index in [0.29, 0.717) is 0 Å². The normalized spacial score (nSPS) is 40.8. The Kier molecular flexibility index (Phi) is 4.49. The predicted molar refractivity (Wildman–Crippen MR) is 115 cm³/mol. The number of ether oxygens (including phenoxy) is 1. The fraction of sp³-hybridized carbons (Fsp3) is 0.615. The zero-order valence-corrected chi connectivity index (χ0v) is 18.0. The number of aromatic nitrogens is 1. The minimum absolute atomic E-state index is 0.0857. The van der Waals surface area contributed by atoms with Gasteiger partial charge >= 0.3 is 5.97 Å². The number of nitrogens with zero attached hydrogens (tertiary/aromatic N) is 1. The van der Waals surface area contributed by atoms with E-state index in [4.69, 9.17) is 4.74 Å². The van der Waals surface area contributed by atoms with Crippen molar-refractivity contribution in [1.82, 2.24) is 4.98 Å². The molecule has 4 aliphatic carbocycles. The van der Waals surface area contributed by atoms with Gasteiger partial charge < -0.3 is 4.74 Å². The Bertz CT molecular complexity index is 872. The van der Waals surface area contributed by atoms with Gasteiger partial charge in [0, 0.05) is 25.7 Å². The van der Waals surface area contributed by atoms with Crippen molar-refractivity contribution < 1.29 is 9.53 Å². The molecule has 0 aliphatic heterocycles. The van der Waals surface area contributed by atoms with Crippen molar-refractivity contribution in [2.75, 3.05) is 0 Å². The summed E-state index contributed by atoms with van der Waals surface area (Å²) in [6.07, 6.45) is 17.1. The number of carbonyl (C=O) groups is 1. The molecule has 1 aromatic heterocycles. The fourth-order valence-electron chi connectivity index (χ4n) is 7.50. The third-order valence-corrected chi connectivity index (χ3v) is 8.94. The van der Waals surface area contributed by atoms with E-state index in [1.807, 2.05) is 12.4 Å². The number of hydrogen-bond donors (Lipinski definition) is 0. The van der Waals surface area contributed by atoms with E-state index in [-0.39, 0.29) is 22.9 Å². The highest BCUT2D eigenvalue weighted by Gasteiger charge is 2.56. The molecule has 3 heteroatoms. The van der Waals surface area contributed by atoms with Crippen molar-refractivity contribution in [3.63, 3.8) is 0 Å². The second-order valence-corrected chi connectivity index (χ2v) is 10.3. The third kappa shape index (κ3) is 2.92. The highest BCUT2D eigenvalue weighted by atomic mass is 16.5. The molecule has 5 rings (SSSR count). The number of esters is 1. The molecule has 0 aromatic carbocycles. The summed E-state index contributed by atoms with van der Waals surface area (Å²) >= 11 is 0. The van der Waals surface area contributed by atoms with Crippen LogP contribution in [0.25, 0.3) is 5.57 Å². The Morgan fingerprint density at radius 2 is 1.93 bits per heavy atom. The molecular formula is C26H33NO2. The molecule has 29 heavy (non-hydrogen) atoms. The molecule has 154 valence electrons. The van der Waals surface area contributed by atoms with Crippen LogP contribution in [0.4, 0.5) is 0 Å². The second kappa shape index (κ2) is 6.82. The van der Waals surface area contributed by atoms with E-state index in [2.05, 4.69) is 43.1 Å². The summed E-state index contributed by atoms with van der Waals surface area (Å²) in [5, 5.41) is 0. The number of carbonyl (C=O) groups excluding carboxylic acids is 1. The first-order chi connectivity index (χ1) is 13.9. The van der Waals surface area contributed by atoms with Gasteiger partial charge in [-0.05, 0) is 84.3 Å². The van der Waals surface area contributed by atoms with Crippen LogP contribution in [0.5, 0.6) is 0 Å². The monoisotopic (exact) mass is 391 g/mol. The van der Waals surface area contributed by atoms with Crippen molar-refractivity contribution in [3.05, 3.63) is 47.8 Å². The molecule has 0 radical (unpaired) electrons. The number of pyridine rings is 1. The largest absolute Gasteiger partial charge is 0.462 e. The standard InChI is InChI=1S/C26H33NO2/c1-17(28)29-20-10-12-25(2)19(15-20)6-7-21-23-9-8-22(18-5-4-14-27-16-18)26(23,3)13-11-24(21)25/h4-6,8,14,16,20-21,23-24H,7,9-13,15H2,1-3H3/t20-,21-,23-,24?,25?,26?/m0/s1. The molecule has 3 unspecified atom stereocenters. The van der Waals surface area contributed by atoms with Gasteiger partial charge in [-0.15, -0.1) is 0 Å². The lowest BCUT2D eigenvalue weighted by Crippen LogP contribution is -2.50. The lowest BCUT2D eigenvalue weighted by molar-refractivity contribution is -0.148. The molecule has 2 saturated carbocycles. The van der Waals surface area contributed by atoms with Gasteiger partial charge in [-0.25, -0.2) is 0 Å². The summed E-state index contributed by atoms with van der Waals surface area (Å²) in [4.78, 5) is 15.8. The van der Waals surface area contributed by atoms with Crippen molar-refractivity contribution in [2.24, 2.45) is 28.6 Å². The first-order valence-corrected chi connectivity index (χ1v) is 11.4. The Labute approximate surface area is 174 Å². The first-order valence-electron chi connectivity index (χ1n) is 11.4. The van der Waals surface area contributed by atoms with Crippen molar-refractivity contribution >= 4 is 11.5 Å². The van der Waals surface area contributed by atoms with Crippen LogP contribution in [0.3, 0.4) is 0 Å². The van der Waals surface area contributed by atoms with E-state index in [0.717, 1.165) is 37.0 Å². The van der Waals surface area contributed by atoms with Gasteiger partial charge in [0.05, 0.1) is 0 Å². The Morgan fingerprint density at radius 1 is 1.10 bits per heavy atom. The molecule has 1 heterocycles. The zero-order chi connectivity index (χ0) is 20.2. The maximum absolute atomic E-state index is 11.4. The Hall–Kier alpha value is -1.90. The van der Waals surface area contributed by atoms with Gasteiger partial charge in [0.2, 0.25) is 0 Å². The molecule has 4 aliphatic rings. The van der Waals surface area contributed by atoms with Crippen LogP contribution in [0.2, 0.25) is 0 Å². The summed E-state index contributed by atoms with van der Waals surface area (Å²) in [5.41, 5.74) is 4.99. The van der Waals surface area contributed by atoms with Crippen molar-refractivity contribution in [1.29, 1.82) is 0 Å². The van der Waals surface area contributed by atoms with Gasteiger partial charge in [-0.3, -0.25) is 9.78 Å². The maximum Gasteiger partial charge on any atom is 0.302 e. The summed E-state index contributed by atoms with van der Waals surface area (Å²) in [5.74, 6) is 2.12. The summed E-state index contributed by atoms with van der Waals surface area (Å²) in [6, 6.07) is 4.30. The molecule has 3 nitrogen and oxygen atoms in total. The van der Waals surface area contributed by atoms with Gasteiger partial charge in [-0.2, -0.15) is 0 Å². The topological polar surface area (TPSA) is 39.2 Å². The van der Waals surface area contributed by atoms with Crippen molar-refractivity contribution in [2.45, 2.75) is 71.8 Å². The van der Waals surface area contributed by atoms with Crippen LogP contribution in [-0.4, -0.2) is 17.1 Å². The van der Waals surface area contributed by atoms with Crippen LogP contribution in [0, 0.1) is 28.6 Å². The van der Waals surface area contributed by atoms with E-state index < -0.39 is 0 Å². The predicted octanol–water partition coefficient (Wildman–Crippen LogP) is 5.97. The molecule has 2 fully saturated rings. The fourth-order valence-corrected chi connectivity index (χ4v) is 7.50. The van der Waals surface area contributed by atoms with Gasteiger partial charge in [0.25, 0.3) is 0 Å². The quantitative estimate of drug-likeness (QED) is 0.460. The molecule has 6 atom stereocenters. The molecule has 0 amide bonds. The lowest BCUT2D eigenvalue weighted by atomic mass is 9.47. The highest BCUT2D eigenvalue weighted by Crippen LogP contribution is 2.66. The number of hydrogen-bond acceptors (Lipinski definition) is 3. The second-order valence-electron chi connectivity index (χ2n) is 10.3. The Morgan fingerprint density at radius 3 is 2.69 bits per heavy atom. The first kappa shape index (κ1) is 19.1. The molecular weight excluding hydrogens is 358 g/mol. The van der Waals surface area contributed by atoms with Crippen molar-refractivity contribution in [3.8, 4) is 0 Å². The maximum atomic E-state index is 11.4. The average molecular weight is 392 g/mol. The summed E-state index contributed by atoms with van der Waals surface area (Å²) in [6.45, 7) is 6.56. The van der Waals surface area contributed by atoms with Gasteiger partial charge in [0.1, 0.15) is 6.10 Å². The number of fused-ring (bicyclic) bond motifs is 5. The van der Waals surface area contributed by atoms with E-state index >= 15 is 0 Å². The molecule has 0 spiro atoms. The van der Waals surface area contributed by atoms with Gasteiger partial charge in [-0.1, -0.05) is 37.6 Å². The third-order valence-electron chi connectivity index (χ3n) is 8.94. The Balaban J connectivity index is 1.41. The van der Waals surface area contributed by atoms with Crippen LogP contribution in [0.1, 0.15) is 71.3 Å². The summed E-state index contributed by atoms with van der Waals surface area (Å²) in [7, 11) is 0. The van der Waals surface area contributed by atoms with E-state index in [1.165, 1.54) is 43.7 Å². The number of allylic oxidation sites excluding steroid dienone is 3. The molecule has 1 aromatic rings. The lowest BCUT2D eigenvalue weighted by Gasteiger charge is -2.57. The average Bonchev–Trinajstić information content (AvgIpc) is 3.06. The smallest absolute Gasteiger partial charge is 0.302 e. The number of rotatable bonds is 2. The SMILES string of the molecule is CC(=O)O[C@H]1CCC2(C)C(=CC[C@@H]3C2CCC2(C)C(c4cccnc4)=CC[C@@H]32)C1. The summed E-state index contributed by atoms with van der Waals surface area (Å²) < 4.78 is 5.58.